The fourth-order valence-corrected chi connectivity index (χ4v) is 10.1. The quantitative estimate of drug-likeness (QED) is 0.0997. The van der Waals surface area contributed by atoms with E-state index in [9.17, 15) is 34.4 Å². The summed E-state index contributed by atoms with van der Waals surface area (Å²) >= 11 is 0. The summed E-state index contributed by atoms with van der Waals surface area (Å²) in [4.78, 5) is 64.7. The Kier molecular flexibility index (Phi) is 8.70. The van der Waals surface area contributed by atoms with Crippen LogP contribution in [0.5, 0.6) is 0 Å². The van der Waals surface area contributed by atoms with Crippen molar-refractivity contribution < 1.29 is 38.7 Å². The zero-order valence-electron chi connectivity index (χ0n) is 27.1. The van der Waals surface area contributed by atoms with Gasteiger partial charge in [0.2, 0.25) is 5.91 Å². The first-order chi connectivity index (χ1) is 22.7. The maximum Gasteiger partial charge on any atom is 0.304 e. The van der Waals surface area contributed by atoms with E-state index in [0.29, 0.717) is 47.6 Å². The lowest BCUT2D eigenvalue weighted by atomic mass is 9.82. The van der Waals surface area contributed by atoms with Crippen LogP contribution in [0.3, 0.4) is 0 Å². The molecule has 1 aromatic heterocycles. The number of rotatable bonds is 11. The van der Waals surface area contributed by atoms with Gasteiger partial charge in [-0.3, -0.25) is 34.1 Å². The predicted octanol–water partition coefficient (Wildman–Crippen LogP) is 2.78. The number of nitro groups is 1. The number of aryl methyl sites for hydroxylation is 1. The molecule has 0 saturated carbocycles. The summed E-state index contributed by atoms with van der Waals surface area (Å²) < 4.78 is 13.7. The summed E-state index contributed by atoms with van der Waals surface area (Å²) in [6.07, 6.45) is 1.28. The maximum absolute atomic E-state index is 14.8. The van der Waals surface area contributed by atoms with Crippen LogP contribution in [0, 0.1) is 16.0 Å². The van der Waals surface area contributed by atoms with Crippen LogP contribution in [0.25, 0.3) is 0 Å². The number of carbonyl (C=O) groups is 3. The van der Waals surface area contributed by atoms with Gasteiger partial charge < -0.3 is 24.3 Å². The van der Waals surface area contributed by atoms with E-state index in [1.807, 2.05) is 6.92 Å². The third-order valence-corrected chi connectivity index (χ3v) is 12.0. The molecule has 4 heterocycles. The third kappa shape index (κ3) is 5.78. The van der Waals surface area contributed by atoms with Crippen molar-refractivity contribution in [2.24, 2.45) is 5.92 Å². The van der Waals surface area contributed by atoms with Crippen molar-refractivity contribution in [3.8, 4) is 0 Å². The molecule has 2 aromatic carbocycles. The zero-order chi connectivity index (χ0) is 34.5. The van der Waals surface area contributed by atoms with Crippen LogP contribution in [-0.2, 0) is 49.0 Å². The number of fused-ring (bicyclic) bond motifs is 2. The lowest BCUT2D eigenvalue weighted by Crippen LogP contribution is -2.54. The number of aliphatic hydroxyl groups excluding tert-OH is 1. The molecule has 16 heteroatoms. The molecule has 0 aliphatic carbocycles. The monoisotopic (exact) mass is 678 g/mol. The normalized spacial score (nSPS) is 25.0. The molecule has 2 amide bonds. The summed E-state index contributed by atoms with van der Waals surface area (Å²) in [5, 5.41) is 29.4. The van der Waals surface area contributed by atoms with Crippen LogP contribution in [-0.4, -0.2) is 74.9 Å². The van der Waals surface area contributed by atoms with Crippen LogP contribution < -0.4 is 9.80 Å². The number of amides is 2. The minimum absolute atomic E-state index is 0.0591. The highest BCUT2D eigenvalue weighted by atomic mass is 28.4. The smallest absolute Gasteiger partial charge is 0.304 e. The second-order valence-electron chi connectivity index (χ2n) is 13.1. The summed E-state index contributed by atoms with van der Waals surface area (Å²) in [6.45, 7) is 7.13. The molecule has 3 aliphatic heterocycles. The van der Waals surface area contributed by atoms with Gasteiger partial charge in [0.1, 0.15) is 0 Å². The van der Waals surface area contributed by atoms with Gasteiger partial charge in [-0.25, -0.2) is 0 Å². The van der Waals surface area contributed by atoms with E-state index < -0.39 is 54.5 Å². The third-order valence-electron chi connectivity index (χ3n) is 9.51. The summed E-state index contributed by atoms with van der Waals surface area (Å²) in [5.74, 6) is -1.65. The minimum Gasteiger partial charge on any atom is -0.441 e. The molecule has 0 radical (unpaired) electrons. The molecule has 2 fully saturated rings. The second kappa shape index (κ2) is 12.5. The first-order valence-corrected chi connectivity index (χ1v) is 18.9. The predicted molar refractivity (Wildman–Crippen MR) is 173 cm³/mol. The number of nitro benzene ring substituents is 1. The van der Waals surface area contributed by atoms with Crippen molar-refractivity contribution in [2.75, 3.05) is 16.4 Å². The number of hydrogen-bond donors (Lipinski definition) is 2. The number of aliphatic hydroxyl groups is 1. The van der Waals surface area contributed by atoms with Gasteiger partial charge in [-0.05, 0) is 43.3 Å². The van der Waals surface area contributed by atoms with Gasteiger partial charge in [-0.1, -0.05) is 24.3 Å². The number of hydrogen-bond acceptors (Lipinski definition) is 11. The molecular formula is C32H38N6O9Si. The molecule has 6 rings (SSSR count). The van der Waals surface area contributed by atoms with E-state index in [4.69, 9.17) is 9.47 Å². The molecule has 5 atom stereocenters. The Bertz CT molecular complexity index is 1780. The fraction of sp³-hybridized carbons (Fsp3) is 0.469. The molecule has 1 unspecified atom stereocenters. The van der Waals surface area contributed by atoms with Crippen molar-refractivity contribution in [2.45, 2.75) is 82.8 Å². The average molecular weight is 679 g/mol. The number of esters is 1. The Balaban J connectivity index is 1.35. The molecule has 2 N–H and O–H groups in total. The first-order valence-electron chi connectivity index (χ1n) is 15.8. The highest BCUT2D eigenvalue weighted by Crippen LogP contribution is 2.60. The SMILES string of the molecule is CC(=O)OC1CC(=O)N1c1cccc(CN2C(=O)[C@@]3(O[C@@H](CCn4cc(CCO)nn4)[C@H]([Si](C)(C)O)[C@H]3C)c3cc([N+](=O)[O-])ccc32)c1. The lowest BCUT2D eigenvalue weighted by molar-refractivity contribution is -0.385. The number of anilines is 2. The molecule has 48 heavy (non-hydrogen) atoms. The fourth-order valence-electron chi connectivity index (χ4n) is 7.51. The molecule has 15 nitrogen and oxygen atoms in total. The Labute approximate surface area is 277 Å². The zero-order valence-corrected chi connectivity index (χ0v) is 28.1. The van der Waals surface area contributed by atoms with E-state index in [-0.39, 0.29) is 31.2 Å². The number of carbonyl (C=O) groups excluding carboxylic acids is 3. The van der Waals surface area contributed by atoms with E-state index >= 15 is 0 Å². The van der Waals surface area contributed by atoms with E-state index in [0.717, 1.165) is 0 Å². The number of nitrogens with zero attached hydrogens (tertiary/aromatic N) is 6. The van der Waals surface area contributed by atoms with Crippen LogP contribution >= 0.6 is 0 Å². The number of β-lactam (4-membered cyclic amide) rings is 1. The van der Waals surface area contributed by atoms with E-state index in [2.05, 4.69) is 10.3 Å². The summed E-state index contributed by atoms with van der Waals surface area (Å²) in [5.41, 5.74) is 0.450. The maximum atomic E-state index is 14.8. The van der Waals surface area contributed by atoms with Crippen LogP contribution in [0.2, 0.25) is 18.6 Å². The highest BCUT2D eigenvalue weighted by Gasteiger charge is 2.66. The molecule has 2 saturated heterocycles. The summed E-state index contributed by atoms with van der Waals surface area (Å²) in [6, 6.07) is 11.3. The Hall–Kier alpha value is -4.51. The second-order valence-corrected chi connectivity index (χ2v) is 17.1. The van der Waals surface area contributed by atoms with Gasteiger partial charge in [0.25, 0.3) is 11.6 Å². The molecule has 3 aliphatic rings. The van der Waals surface area contributed by atoms with Crippen molar-refractivity contribution >= 4 is 43.2 Å². The molecule has 254 valence electrons. The Morgan fingerprint density at radius 1 is 1.23 bits per heavy atom. The standard InChI is InChI=1S/C32H38N6O9Si/c1-19-30(48(3,4)45)27(10-12-35-18-22(11-13-39)33-34-35)47-32(19)25-15-24(38(43)44)8-9-26(25)36(31(32)42)17-21-6-5-7-23(14-21)37-28(41)16-29(37)46-20(2)40/h5-9,14-15,18-19,27,29-30,39,45H,10-13,16-17H2,1-4H3/t19-,27+,29?,30-,32+/m1/s1. The average Bonchev–Trinajstić information content (AvgIpc) is 3.65. The topological polar surface area (TPSA) is 190 Å². The van der Waals surface area contributed by atoms with Crippen molar-refractivity contribution in [3.63, 3.8) is 0 Å². The van der Waals surface area contributed by atoms with Crippen LogP contribution in [0.4, 0.5) is 17.1 Å². The Morgan fingerprint density at radius 2 is 2.00 bits per heavy atom. The van der Waals surface area contributed by atoms with E-state index in [1.165, 1.54) is 24.0 Å². The van der Waals surface area contributed by atoms with E-state index in [1.54, 1.807) is 59.2 Å². The highest BCUT2D eigenvalue weighted by molar-refractivity contribution is 6.71. The number of ether oxygens (including phenoxy) is 2. The lowest BCUT2D eigenvalue weighted by Gasteiger charge is -2.39. The van der Waals surface area contributed by atoms with Gasteiger partial charge in [0, 0.05) is 67.5 Å². The van der Waals surface area contributed by atoms with Gasteiger partial charge >= 0.3 is 5.97 Å². The van der Waals surface area contributed by atoms with Gasteiger partial charge in [-0.15, -0.1) is 5.10 Å². The molecule has 1 spiro atoms. The number of benzene rings is 2. The molecule has 0 bridgehead atoms. The van der Waals surface area contributed by atoms with Crippen molar-refractivity contribution in [1.29, 1.82) is 0 Å². The molecule has 3 aromatic rings. The summed E-state index contributed by atoms with van der Waals surface area (Å²) in [7, 11) is -3.00. The van der Waals surface area contributed by atoms with Gasteiger partial charge in [0.15, 0.2) is 20.1 Å². The minimum atomic E-state index is -3.00. The van der Waals surface area contributed by atoms with Crippen LogP contribution in [0.1, 0.15) is 43.5 Å². The first kappa shape index (κ1) is 33.4. The van der Waals surface area contributed by atoms with Gasteiger partial charge in [-0.2, -0.15) is 0 Å². The van der Waals surface area contributed by atoms with Gasteiger partial charge in [0.05, 0.1) is 35.4 Å². The van der Waals surface area contributed by atoms with Crippen LogP contribution in [0.15, 0.2) is 48.7 Å². The largest absolute Gasteiger partial charge is 0.441 e. The van der Waals surface area contributed by atoms with Crippen molar-refractivity contribution in [1.82, 2.24) is 15.0 Å². The number of aromatic nitrogens is 3. The van der Waals surface area contributed by atoms with Crippen molar-refractivity contribution in [3.05, 3.63) is 75.6 Å². The number of non-ortho nitro benzene ring substituents is 1. The molecular weight excluding hydrogens is 640 g/mol. The Morgan fingerprint density at radius 3 is 2.67 bits per heavy atom.